The van der Waals surface area contributed by atoms with Crippen LogP contribution in [-0.2, 0) is 0 Å². The van der Waals surface area contributed by atoms with Crippen LogP contribution in [-0.4, -0.2) is 20.9 Å². The van der Waals surface area contributed by atoms with Crippen LogP contribution >= 0.6 is 0 Å². The fourth-order valence-corrected chi connectivity index (χ4v) is 2.70. The molecule has 4 aromatic rings. The first-order valence-corrected chi connectivity index (χ1v) is 8.86. The standard InChI is InChI=1S/C22H16FN5O/c23-17-8-6-15(7-9-17)16-10-12-24-20(14-16)28-21(29)19-11-13-25-22(27-19)26-18-4-2-1-3-5-18/h1-14H,(H,24,28,29)(H,25,26,27). The van der Waals surface area contributed by atoms with Crippen LogP contribution < -0.4 is 10.6 Å². The van der Waals surface area contributed by atoms with Crippen molar-refractivity contribution >= 4 is 23.4 Å². The van der Waals surface area contributed by atoms with Gasteiger partial charge >= 0.3 is 0 Å². The van der Waals surface area contributed by atoms with Gasteiger partial charge in [-0.2, -0.15) is 0 Å². The molecule has 0 bridgehead atoms. The van der Waals surface area contributed by atoms with E-state index in [1.807, 2.05) is 30.3 Å². The second-order valence-corrected chi connectivity index (χ2v) is 6.15. The van der Waals surface area contributed by atoms with Gasteiger partial charge < -0.3 is 10.6 Å². The molecule has 0 fully saturated rings. The minimum Gasteiger partial charge on any atom is -0.324 e. The number of benzene rings is 2. The molecule has 4 rings (SSSR count). The lowest BCUT2D eigenvalue weighted by molar-refractivity contribution is 0.102. The topological polar surface area (TPSA) is 79.8 Å². The number of hydrogen-bond donors (Lipinski definition) is 2. The lowest BCUT2D eigenvalue weighted by atomic mass is 10.1. The Morgan fingerprint density at radius 3 is 2.38 bits per heavy atom. The van der Waals surface area contributed by atoms with Crippen molar-refractivity contribution in [2.24, 2.45) is 0 Å². The number of nitrogens with one attached hydrogen (secondary N) is 2. The molecule has 0 aliphatic heterocycles. The number of halogens is 1. The summed E-state index contributed by atoms with van der Waals surface area (Å²) in [7, 11) is 0. The molecule has 142 valence electrons. The van der Waals surface area contributed by atoms with Crippen LogP contribution in [0.4, 0.5) is 21.8 Å². The van der Waals surface area contributed by atoms with E-state index in [2.05, 4.69) is 25.6 Å². The van der Waals surface area contributed by atoms with Gasteiger partial charge in [-0.25, -0.2) is 19.3 Å². The number of carbonyl (C=O) groups excluding carboxylic acids is 1. The summed E-state index contributed by atoms with van der Waals surface area (Å²) >= 11 is 0. The number of pyridine rings is 1. The van der Waals surface area contributed by atoms with Gasteiger partial charge in [-0.1, -0.05) is 30.3 Å². The van der Waals surface area contributed by atoms with E-state index in [4.69, 9.17) is 0 Å². The molecule has 2 aromatic heterocycles. The largest absolute Gasteiger partial charge is 0.324 e. The molecule has 0 saturated heterocycles. The van der Waals surface area contributed by atoms with Crippen LogP contribution in [0.5, 0.6) is 0 Å². The van der Waals surface area contributed by atoms with Gasteiger partial charge in [-0.3, -0.25) is 4.79 Å². The summed E-state index contributed by atoms with van der Waals surface area (Å²) in [6.45, 7) is 0. The van der Waals surface area contributed by atoms with Crippen LogP contribution in [0.3, 0.4) is 0 Å². The van der Waals surface area contributed by atoms with Crippen LogP contribution in [0.2, 0.25) is 0 Å². The summed E-state index contributed by atoms with van der Waals surface area (Å²) in [4.78, 5) is 25.2. The maximum atomic E-state index is 13.1. The van der Waals surface area contributed by atoms with E-state index >= 15 is 0 Å². The van der Waals surface area contributed by atoms with Gasteiger partial charge in [0.1, 0.15) is 17.3 Å². The van der Waals surface area contributed by atoms with E-state index in [0.717, 1.165) is 16.8 Å². The lowest BCUT2D eigenvalue weighted by Gasteiger charge is -2.08. The normalized spacial score (nSPS) is 10.4. The van der Waals surface area contributed by atoms with Crippen molar-refractivity contribution in [2.45, 2.75) is 0 Å². The van der Waals surface area contributed by atoms with Gasteiger partial charge in [0.05, 0.1) is 0 Å². The smallest absolute Gasteiger partial charge is 0.275 e. The molecule has 0 radical (unpaired) electrons. The first-order valence-electron chi connectivity index (χ1n) is 8.86. The minimum atomic E-state index is -0.410. The monoisotopic (exact) mass is 385 g/mol. The zero-order chi connectivity index (χ0) is 20.1. The summed E-state index contributed by atoms with van der Waals surface area (Å²) in [5.41, 5.74) is 2.65. The molecule has 2 heterocycles. The molecule has 29 heavy (non-hydrogen) atoms. The van der Waals surface area contributed by atoms with E-state index < -0.39 is 5.91 Å². The summed E-state index contributed by atoms with van der Waals surface area (Å²) in [5.74, 6) is -0.0304. The molecular weight excluding hydrogens is 369 g/mol. The van der Waals surface area contributed by atoms with Gasteiger partial charge in [0.25, 0.3) is 5.91 Å². The number of hydrogen-bond acceptors (Lipinski definition) is 5. The quantitative estimate of drug-likeness (QED) is 0.522. The highest BCUT2D eigenvalue weighted by atomic mass is 19.1. The summed E-state index contributed by atoms with van der Waals surface area (Å²) < 4.78 is 13.1. The van der Waals surface area contributed by atoms with Crippen molar-refractivity contribution in [3.8, 4) is 11.1 Å². The zero-order valence-corrected chi connectivity index (χ0v) is 15.2. The molecule has 0 aliphatic rings. The fourth-order valence-electron chi connectivity index (χ4n) is 2.70. The minimum absolute atomic E-state index is 0.201. The van der Waals surface area contributed by atoms with E-state index in [1.165, 1.54) is 24.4 Å². The van der Waals surface area contributed by atoms with Crippen LogP contribution in [0.25, 0.3) is 11.1 Å². The highest BCUT2D eigenvalue weighted by Gasteiger charge is 2.11. The first kappa shape index (κ1) is 18.2. The van der Waals surface area contributed by atoms with Gasteiger partial charge in [-0.15, -0.1) is 0 Å². The van der Waals surface area contributed by atoms with Crippen molar-refractivity contribution in [3.63, 3.8) is 0 Å². The van der Waals surface area contributed by atoms with Crippen LogP contribution in [0.15, 0.2) is 85.2 Å². The molecule has 0 atom stereocenters. The molecule has 6 nitrogen and oxygen atoms in total. The average molecular weight is 385 g/mol. The fraction of sp³-hybridized carbons (Fsp3) is 0. The molecule has 7 heteroatoms. The Bertz CT molecular complexity index is 1130. The SMILES string of the molecule is O=C(Nc1cc(-c2ccc(F)cc2)ccn1)c1ccnc(Nc2ccccc2)n1. The number of para-hydroxylation sites is 1. The second-order valence-electron chi connectivity index (χ2n) is 6.15. The third-order valence-electron chi connectivity index (χ3n) is 4.10. The molecule has 0 spiro atoms. The predicted octanol–water partition coefficient (Wildman–Crippen LogP) is 4.67. The van der Waals surface area contributed by atoms with E-state index in [9.17, 15) is 9.18 Å². The molecule has 2 aromatic carbocycles. The molecule has 0 saturated carbocycles. The Kier molecular flexibility index (Phi) is 5.20. The van der Waals surface area contributed by atoms with Crippen molar-refractivity contribution in [2.75, 3.05) is 10.6 Å². The first-order chi connectivity index (χ1) is 14.2. The number of carbonyl (C=O) groups is 1. The van der Waals surface area contributed by atoms with Gasteiger partial charge in [0, 0.05) is 18.1 Å². The third-order valence-corrected chi connectivity index (χ3v) is 4.10. The van der Waals surface area contributed by atoms with Crippen LogP contribution in [0.1, 0.15) is 10.5 Å². The van der Waals surface area contributed by atoms with Crippen molar-refractivity contribution < 1.29 is 9.18 Å². The molecular formula is C22H16FN5O. The third kappa shape index (κ3) is 4.59. The number of amides is 1. The van der Waals surface area contributed by atoms with Gasteiger partial charge in [0.2, 0.25) is 5.95 Å². The molecule has 1 amide bonds. The number of nitrogens with zero attached hydrogens (tertiary/aromatic N) is 3. The van der Waals surface area contributed by atoms with E-state index in [0.29, 0.717) is 11.8 Å². The van der Waals surface area contributed by atoms with Crippen molar-refractivity contribution in [1.29, 1.82) is 0 Å². The van der Waals surface area contributed by atoms with Crippen molar-refractivity contribution in [3.05, 3.63) is 96.7 Å². The zero-order valence-electron chi connectivity index (χ0n) is 15.2. The summed E-state index contributed by atoms with van der Waals surface area (Å²) in [6, 6.07) is 20.6. The van der Waals surface area contributed by atoms with Gasteiger partial charge in [0.15, 0.2) is 0 Å². The Balaban J connectivity index is 1.50. The Labute approximate surface area is 166 Å². The number of anilines is 3. The second kappa shape index (κ2) is 8.26. The van der Waals surface area contributed by atoms with Gasteiger partial charge in [-0.05, 0) is 53.6 Å². The maximum Gasteiger partial charge on any atom is 0.275 e. The summed E-state index contributed by atoms with van der Waals surface area (Å²) in [6.07, 6.45) is 3.09. The molecule has 0 unspecified atom stereocenters. The summed E-state index contributed by atoms with van der Waals surface area (Å²) in [5, 5.41) is 5.78. The Morgan fingerprint density at radius 1 is 0.828 bits per heavy atom. The van der Waals surface area contributed by atoms with E-state index in [-0.39, 0.29) is 11.5 Å². The molecule has 2 N–H and O–H groups in total. The average Bonchev–Trinajstić information content (AvgIpc) is 2.75. The highest BCUT2D eigenvalue weighted by molar-refractivity contribution is 6.02. The lowest BCUT2D eigenvalue weighted by Crippen LogP contribution is -2.15. The Hall–Kier alpha value is -4.13. The number of rotatable bonds is 5. The number of aromatic nitrogens is 3. The maximum absolute atomic E-state index is 13.1. The highest BCUT2D eigenvalue weighted by Crippen LogP contribution is 2.22. The molecule has 0 aliphatic carbocycles. The van der Waals surface area contributed by atoms with Crippen molar-refractivity contribution in [1.82, 2.24) is 15.0 Å². The van der Waals surface area contributed by atoms with E-state index in [1.54, 1.807) is 30.5 Å². The predicted molar refractivity (Wildman–Crippen MR) is 109 cm³/mol. The Morgan fingerprint density at radius 2 is 1.59 bits per heavy atom. The van der Waals surface area contributed by atoms with Crippen LogP contribution in [0, 0.1) is 5.82 Å².